The van der Waals surface area contributed by atoms with Crippen molar-refractivity contribution in [1.82, 2.24) is 9.80 Å². The lowest BCUT2D eigenvalue weighted by atomic mass is 9.72. The van der Waals surface area contributed by atoms with Crippen molar-refractivity contribution in [2.24, 2.45) is 5.41 Å². The highest BCUT2D eigenvalue weighted by Crippen LogP contribution is 2.41. The fraction of sp³-hybridized carbons (Fsp3) is 0.481. The third-order valence-electron chi connectivity index (χ3n) is 7.77. The summed E-state index contributed by atoms with van der Waals surface area (Å²) in [4.78, 5) is 32.6. The molecular weight excluding hydrogens is 433 g/mol. The minimum atomic E-state index is -0.667. The van der Waals surface area contributed by atoms with Crippen molar-refractivity contribution in [2.45, 2.75) is 38.2 Å². The Kier molecular flexibility index (Phi) is 5.84. The van der Waals surface area contributed by atoms with Gasteiger partial charge in [-0.1, -0.05) is 29.8 Å². The van der Waals surface area contributed by atoms with E-state index in [2.05, 4.69) is 11.9 Å². The second-order valence-corrected chi connectivity index (χ2v) is 10.3. The number of nitrogens with zero attached hydrogens (tertiary/aromatic N) is 3. The molecule has 2 aromatic carbocycles. The van der Waals surface area contributed by atoms with Crippen molar-refractivity contribution in [3.8, 4) is 0 Å². The van der Waals surface area contributed by atoms with Gasteiger partial charge < -0.3 is 14.5 Å². The van der Waals surface area contributed by atoms with Crippen molar-refractivity contribution in [3.05, 3.63) is 65.5 Å². The first kappa shape index (κ1) is 22.8. The van der Waals surface area contributed by atoms with Crippen LogP contribution in [0.5, 0.6) is 0 Å². The van der Waals surface area contributed by atoms with Crippen LogP contribution in [0.25, 0.3) is 0 Å². The molecule has 0 N–H and O–H groups in total. The Hall–Kier alpha value is -2.93. The molecule has 5 rings (SSSR count). The molecule has 0 unspecified atom stereocenters. The van der Waals surface area contributed by atoms with Crippen molar-refractivity contribution >= 4 is 17.7 Å². The number of anilines is 1. The number of carbonyl (C=O) groups is 2. The smallest absolute Gasteiger partial charge is 0.415 e. The van der Waals surface area contributed by atoms with Gasteiger partial charge in [-0.3, -0.25) is 9.69 Å². The Labute approximate surface area is 200 Å². The highest BCUT2D eigenvalue weighted by molar-refractivity contribution is 5.91. The summed E-state index contributed by atoms with van der Waals surface area (Å²) >= 11 is 0. The minimum absolute atomic E-state index is 0.131. The number of hydrogen-bond donors (Lipinski definition) is 0. The number of benzene rings is 2. The summed E-state index contributed by atoms with van der Waals surface area (Å²) in [6.45, 7) is 5.16. The van der Waals surface area contributed by atoms with Crippen LogP contribution < -0.4 is 4.90 Å². The second-order valence-electron chi connectivity index (χ2n) is 10.3. The first-order valence-electron chi connectivity index (χ1n) is 12.1. The summed E-state index contributed by atoms with van der Waals surface area (Å²) < 4.78 is 19.4. The molecule has 1 atom stereocenters. The highest BCUT2D eigenvalue weighted by Gasteiger charge is 2.53. The molecule has 0 aliphatic carbocycles. The maximum Gasteiger partial charge on any atom is 0.415 e. The molecule has 3 aliphatic rings. The van der Waals surface area contributed by atoms with Crippen LogP contribution in [0.2, 0.25) is 0 Å². The summed E-state index contributed by atoms with van der Waals surface area (Å²) in [6.07, 6.45) is 2.41. The van der Waals surface area contributed by atoms with Gasteiger partial charge in [0.2, 0.25) is 5.91 Å². The van der Waals surface area contributed by atoms with E-state index >= 15 is 0 Å². The number of rotatable bonds is 4. The summed E-state index contributed by atoms with van der Waals surface area (Å²) in [7, 11) is 2.08. The fourth-order valence-corrected chi connectivity index (χ4v) is 5.62. The van der Waals surface area contributed by atoms with E-state index in [0.717, 1.165) is 42.7 Å². The molecule has 3 aliphatic heterocycles. The monoisotopic (exact) mass is 465 g/mol. The molecule has 0 bridgehead atoms. The molecule has 180 valence electrons. The number of hydrogen-bond acceptors (Lipinski definition) is 4. The summed E-state index contributed by atoms with van der Waals surface area (Å²) in [5, 5.41) is 0. The number of halogens is 1. The van der Waals surface area contributed by atoms with Crippen LogP contribution in [0.3, 0.4) is 0 Å². The van der Waals surface area contributed by atoms with Gasteiger partial charge in [0.05, 0.1) is 18.5 Å². The van der Waals surface area contributed by atoms with Crippen molar-refractivity contribution < 1.29 is 18.7 Å². The molecule has 0 radical (unpaired) electrons. The topological polar surface area (TPSA) is 53.1 Å². The molecule has 3 fully saturated rings. The molecule has 1 spiro atoms. The zero-order valence-corrected chi connectivity index (χ0v) is 19.9. The molecule has 0 saturated carbocycles. The lowest BCUT2D eigenvalue weighted by Crippen LogP contribution is -2.51. The first-order chi connectivity index (χ1) is 16.3. The van der Waals surface area contributed by atoms with Crippen LogP contribution in [0.1, 0.15) is 30.4 Å². The number of carbonyl (C=O) groups excluding carboxylic acids is 2. The second kappa shape index (κ2) is 8.69. The number of piperidine rings is 1. The third kappa shape index (κ3) is 4.29. The van der Waals surface area contributed by atoms with Crippen LogP contribution >= 0.6 is 0 Å². The number of ether oxygens (including phenoxy) is 1. The van der Waals surface area contributed by atoms with Crippen molar-refractivity contribution in [1.29, 1.82) is 0 Å². The van der Waals surface area contributed by atoms with Gasteiger partial charge >= 0.3 is 6.09 Å². The van der Waals surface area contributed by atoms with Gasteiger partial charge in [0, 0.05) is 18.7 Å². The molecule has 0 aromatic heterocycles. The Morgan fingerprint density at radius 2 is 1.65 bits per heavy atom. The minimum Gasteiger partial charge on any atom is -0.439 e. The number of aryl methyl sites for hydroxylation is 1. The van der Waals surface area contributed by atoms with Crippen LogP contribution in [-0.4, -0.2) is 67.2 Å². The van der Waals surface area contributed by atoms with Gasteiger partial charge in [-0.2, -0.15) is 0 Å². The Balaban J connectivity index is 1.33. The zero-order valence-electron chi connectivity index (χ0n) is 19.9. The van der Waals surface area contributed by atoms with Crippen LogP contribution in [0, 0.1) is 18.2 Å². The third-order valence-corrected chi connectivity index (χ3v) is 7.77. The predicted octanol–water partition coefficient (Wildman–Crippen LogP) is 4.02. The predicted molar refractivity (Wildman–Crippen MR) is 128 cm³/mol. The van der Waals surface area contributed by atoms with Crippen molar-refractivity contribution in [3.63, 3.8) is 0 Å². The maximum absolute atomic E-state index is 14.0. The molecule has 6 nitrogen and oxygen atoms in total. The lowest BCUT2D eigenvalue weighted by Gasteiger charge is -2.42. The first-order valence-corrected chi connectivity index (χ1v) is 12.1. The van der Waals surface area contributed by atoms with E-state index in [4.69, 9.17) is 4.74 Å². The Morgan fingerprint density at radius 3 is 2.32 bits per heavy atom. The summed E-state index contributed by atoms with van der Waals surface area (Å²) in [5.74, 6) is -0.137. The Bertz CT molecular complexity index is 1060. The molecular formula is C27H32FN3O3. The molecule has 3 saturated heterocycles. The van der Waals surface area contributed by atoms with E-state index in [1.54, 1.807) is 17.0 Å². The normalized spacial score (nSPS) is 24.6. The van der Waals surface area contributed by atoms with E-state index in [9.17, 15) is 14.0 Å². The van der Waals surface area contributed by atoms with E-state index in [0.29, 0.717) is 32.5 Å². The van der Waals surface area contributed by atoms with Gasteiger partial charge in [-0.05, 0) is 76.2 Å². The van der Waals surface area contributed by atoms with Gasteiger partial charge in [-0.25, -0.2) is 9.18 Å². The fourth-order valence-electron chi connectivity index (χ4n) is 5.62. The number of likely N-dealkylation sites (tertiary alicyclic amines) is 2. The summed E-state index contributed by atoms with van der Waals surface area (Å²) in [6, 6.07) is 14.3. The van der Waals surface area contributed by atoms with E-state index in [1.165, 1.54) is 12.1 Å². The van der Waals surface area contributed by atoms with Gasteiger partial charge in [0.1, 0.15) is 5.82 Å². The summed E-state index contributed by atoms with van der Waals surface area (Å²) in [5.41, 5.74) is 1.74. The SMILES string of the molecule is Cc1ccc(N2C[C@@]3(CCN(C(=O)C4(Cc5ccc(F)cc5)CCN(C)CC4)C3)OC2=O)cc1. The van der Waals surface area contributed by atoms with Crippen LogP contribution in [0.15, 0.2) is 48.5 Å². The van der Waals surface area contributed by atoms with E-state index < -0.39 is 11.0 Å². The molecule has 2 amide bonds. The lowest BCUT2D eigenvalue weighted by molar-refractivity contribution is -0.144. The van der Waals surface area contributed by atoms with Crippen LogP contribution in [0.4, 0.5) is 14.9 Å². The average Bonchev–Trinajstić information content (AvgIpc) is 3.39. The molecule has 34 heavy (non-hydrogen) atoms. The standard InChI is InChI=1S/C27H32FN3O3/c1-20-3-9-23(10-4-20)31-19-27(34-25(31)33)13-16-30(18-27)24(32)26(11-14-29(2)15-12-26)17-21-5-7-22(28)8-6-21/h3-10H,11-19H2,1-2H3/t27-/m0/s1. The quantitative estimate of drug-likeness (QED) is 0.685. The molecule has 7 heteroatoms. The maximum atomic E-state index is 14.0. The Morgan fingerprint density at radius 1 is 0.971 bits per heavy atom. The number of amides is 2. The molecule has 3 heterocycles. The highest BCUT2D eigenvalue weighted by atomic mass is 19.1. The van der Waals surface area contributed by atoms with Gasteiger partial charge in [0.25, 0.3) is 0 Å². The van der Waals surface area contributed by atoms with Gasteiger partial charge in [-0.15, -0.1) is 0 Å². The van der Waals surface area contributed by atoms with Crippen LogP contribution in [-0.2, 0) is 16.0 Å². The average molecular weight is 466 g/mol. The van der Waals surface area contributed by atoms with E-state index in [-0.39, 0.29) is 17.8 Å². The van der Waals surface area contributed by atoms with Gasteiger partial charge in [0.15, 0.2) is 5.60 Å². The van der Waals surface area contributed by atoms with E-state index in [1.807, 2.05) is 36.1 Å². The molecule has 2 aromatic rings. The largest absolute Gasteiger partial charge is 0.439 e. The zero-order chi connectivity index (χ0) is 23.9. The van der Waals surface area contributed by atoms with Crippen molar-refractivity contribution in [2.75, 3.05) is 44.7 Å².